The first-order valence-corrected chi connectivity index (χ1v) is 6.72. The number of likely N-dealkylation sites (N-methyl/N-ethyl adjacent to an activating group) is 1. The predicted molar refractivity (Wildman–Crippen MR) is 74.6 cm³/mol. The van der Waals surface area contributed by atoms with Gasteiger partial charge in [0.1, 0.15) is 0 Å². The molecule has 5 nitrogen and oxygen atoms in total. The quantitative estimate of drug-likeness (QED) is 0.814. The average Bonchev–Trinajstić information content (AvgIpc) is 2.99. The summed E-state index contributed by atoms with van der Waals surface area (Å²) in [6, 6.07) is 0.00945. The van der Waals surface area contributed by atoms with E-state index in [2.05, 4.69) is 21.7 Å². The van der Waals surface area contributed by atoms with E-state index in [-0.39, 0.29) is 11.9 Å². The zero-order valence-corrected chi connectivity index (χ0v) is 11.7. The first-order valence-electron chi connectivity index (χ1n) is 6.72. The van der Waals surface area contributed by atoms with Crippen molar-refractivity contribution < 1.29 is 4.79 Å². The van der Waals surface area contributed by atoms with E-state index in [9.17, 15) is 4.79 Å². The van der Waals surface area contributed by atoms with Gasteiger partial charge in [0, 0.05) is 31.4 Å². The van der Waals surface area contributed by atoms with E-state index in [1.807, 2.05) is 20.0 Å². The first kappa shape index (κ1) is 13.8. The third-order valence-electron chi connectivity index (χ3n) is 3.73. The number of nitrogens with one attached hydrogen (secondary N) is 1. The van der Waals surface area contributed by atoms with Crippen LogP contribution in [0.1, 0.15) is 24.1 Å². The molecule has 5 heteroatoms. The van der Waals surface area contributed by atoms with Crippen molar-refractivity contribution in [2.24, 2.45) is 0 Å². The zero-order valence-electron chi connectivity index (χ0n) is 11.7. The summed E-state index contributed by atoms with van der Waals surface area (Å²) in [5, 5.41) is 6.89. The minimum Gasteiger partial charge on any atom is -0.340 e. The first-order chi connectivity index (χ1) is 9.13. The standard InChI is InChI=1S/C14H22N4O/c1-4-7-18-8-5-6-13(18)14(19)17(3)10-12-9-15-16-11(12)2/h4,9,13H,1,5-8,10H2,2-3H3,(H,15,16)/t13-/m0/s1. The summed E-state index contributed by atoms with van der Waals surface area (Å²) < 4.78 is 0. The van der Waals surface area contributed by atoms with Gasteiger partial charge in [0.05, 0.1) is 12.2 Å². The lowest BCUT2D eigenvalue weighted by Gasteiger charge is -2.27. The summed E-state index contributed by atoms with van der Waals surface area (Å²) in [6.45, 7) is 8.11. The van der Waals surface area contributed by atoms with Gasteiger partial charge < -0.3 is 4.90 Å². The lowest BCUT2D eigenvalue weighted by Crippen LogP contribution is -2.43. The largest absolute Gasteiger partial charge is 0.340 e. The van der Waals surface area contributed by atoms with Gasteiger partial charge in [-0.25, -0.2) is 0 Å². The van der Waals surface area contributed by atoms with Gasteiger partial charge in [-0.15, -0.1) is 6.58 Å². The molecule has 1 aliphatic rings. The number of nitrogens with zero attached hydrogens (tertiary/aromatic N) is 3. The number of aryl methyl sites for hydroxylation is 1. The van der Waals surface area contributed by atoms with Crippen LogP contribution in [0, 0.1) is 6.92 Å². The number of aromatic nitrogens is 2. The van der Waals surface area contributed by atoms with Crippen LogP contribution in [0.4, 0.5) is 0 Å². The molecule has 0 saturated carbocycles. The van der Waals surface area contributed by atoms with Crippen LogP contribution in [0.3, 0.4) is 0 Å². The molecule has 1 amide bonds. The van der Waals surface area contributed by atoms with Crippen LogP contribution in [-0.2, 0) is 11.3 Å². The molecule has 104 valence electrons. The maximum Gasteiger partial charge on any atom is 0.239 e. The second-order valence-corrected chi connectivity index (χ2v) is 5.16. The summed E-state index contributed by atoms with van der Waals surface area (Å²) in [7, 11) is 1.86. The van der Waals surface area contributed by atoms with Crippen molar-refractivity contribution in [2.75, 3.05) is 20.1 Å². The number of carbonyl (C=O) groups excluding carboxylic acids is 1. The fourth-order valence-corrected chi connectivity index (χ4v) is 2.61. The highest BCUT2D eigenvalue weighted by Crippen LogP contribution is 2.19. The highest BCUT2D eigenvalue weighted by molar-refractivity contribution is 5.82. The van der Waals surface area contributed by atoms with Gasteiger partial charge in [0.2, 0.25) is 5.91 Å². The molecule has 0 aliphatic carbocycles. The van der Waals surface area contributed by atoms with Crippen LogP contribution in [0.5, 0.6) is 0 Å². The average molecular weight is 262 g/mol. The Kier molecular flexibility index (Phi) is 4.37. The molecule has 1 aromatic rings. The van der Waals surface area contributed by atoms with E-state index >= 15 is 0 Å². The van der Waals surface area contributed by atoms with E-state index in [1.54, 1.807) is 11.1 Å². The number of likely N-dealkylation sites (tertiary alicyclic amines) is 1. The Morgan fingerprint density at radius 1 is 1.74 bits per heavy atom. The van der Waals surface area contributed by atoms with E-state index in [4.69, 9.17) is 0 Å². The fourth-order valence-electron chi connectivity index (χ4n) is 2.61. The van der Waals surface area contributed by atoms with Gasteiger partial charge >= 0.3 is 0 Å². The summed E-state index contributed by atoms with van der Waals surface area (Å²) in [5.74, 6) is 0.194. The fraction of sp³-hybridized carbons (Fsp3) is 0.571. The van der Waals surface area contributed by atoms with Gasteiger partial charge in [0.15, 0.2) is 0 Å². The number of amides is 1. The molecule has 1 aromatic heterocycles. The molecule has 0 bridgehead atoms. The molecule has 1 N–H and O–H groups in total. The molecule has 0 spiro atoms. The minimum atomic E-state index is 0.00945. The molecule has 2 rings (SSSR count). The van der Waals surface area contributed by atoms with Crippen LogP contribution in [0.15, 0.2) is 18.9 Å². The monoisotopic (exact) mass is 262 g/mol. The van der Waals surface area contributed by atoms with Crippen molar-refractivity contribution in [2.45, 2.75) is 32.4 Å². The Bertz CT molecular complexity index is 454. The molecule has 0 aromatic carbocycles. The number of H-pyrrole nitrogens is 1. The predicted octanol–water partition coefficient (Wildman–Crippen LogP) is 1.33. The minimum absolute atomic E-state index is 0.00945. The molecule has 1 fully saturated rings. The molecule has 0 radical (unpaired) electrons. The van der Waals surface area contributed by atoms with Gasteiger partial charge in [-0.1, -0.05) is 6.08 Å². The maximum absolute atomic E-state index is 12.5. The second-order valence-electron chi connectivity index (χ2n) is 5.16. The Morgan fingerprint density at radius 3 is 3.16 bits per heavy atom. The number of hydrogen-bond acceptors (Lipinski definition) is 3. The molecule has 19 heavy (non-hydrogen) atoms. The molecule has 1 atom stereocenters. The lowest BCUT2D eigenvalue weighted by atomic mass is 10.1. The Balaban J connectivity index is 1.98. The lowest BCUT2D eigenvalue weighted by molar-refractivity contribution is -0.135. The van der Waals surface area contributed by atoms with Crippen LogP contribution in [-0.4, -0.2) is 52.1 Å². The summed E-state index contributed by atoms with van der Waals surface area (Å²) in [4.78, 5) is 16.5. The highest BCUT2D eigenvalue weighted by atomic mass is 16.2. The number of rotatable bonds is 5. The molecular formula is C14H22N4O. The van der Waals surface area contributed by atoms with E-state index in [1.165, 1.54) is 0 Å². The number of carbonyl (C=O) groups is 1. The Hall–Kier alpha value is -1.62. The van der Waals surface area contributed by atoms with Crippen molar-refractivity contribution in [3.8, 4) is 0 Å². The zero-order chi connectivity index (χ0) is 13.8. The van der Waals surface area contributed by atoms with Crippen molar-refractivity contribution in [3.63, 3.8) is 0 Å². The molecule has 0 unspecified atom stereocenters. The second kappa shape index (κ2) is 6.02. The maximum atomic E-state index is 12.5. The highest BCUT2D eigenvalue weighted by Gasteiger charge is 2.31. The molecular weight excluding hydrogens is 240 g/mol. The number of aromatic amines is 1. The van der Waals surface area contributed by atoms with E-state index in [0.717, 1.165) is 37.2 Å². The normalized spacial score (nSPS) is 19.6. The van der Waals surface area contributed by atoms with E-state index < -0.39 is 0 Å². The van der Waals surface area contributed by atoms with Crippen molar-refractivity contribution in [1.82, 2.24) is 20.0 Å². The van der Waals surface area contributed by atoms with Gasteiger partial charge in [-0.2, -0.15) is 5.10 Å². The number of hydrogen-bond donors (Lipinski definition) is 1. The third kappa shape index (κ3) is 3.04. The molecule has 1 aliphatic heterocycles. The van der Waals surface area contributed by atoms with Crippen LogP contribution in [0.25, 0.3) is 0 Å². The Labute approximate surface area is 114 Å². The molecule has 1 saturated heterocycles. The topological polar surface area (TPSA) is 52.2 Å². The summed E-state index contributed by atoms with van der Waals surface area (Å²) in [5.41, 5.74) is 2.10. The van der Waals surface area contributed by atoms with Crippen LogP contribution < -0.4 is 0 Å². The Morgan fingerprint density at radius 2 is 2.53 bits per heavy atom. The van der Waals surface area contributed by atoms with Crippen LogP contribution >= 0.6 is 0 Å². The van der Waals surface area contributed by atoms with Crippen molar-refractivity contribution >= 4 is 5.91 Å². The van der Waals surface area contributed by atoms with Crippen molar-refractivity contribution in [1.29, 1.82) is 0 Å². The van der Waals surface area contributed by atoms with Gasteiger partial charge in [-0.3, -0.25) is 14.8 Å². The molecule has 2 heterocycles. The summed E-state index contributed by atoms with van der Waals surface area (Å²) in [6.07, 6.45) is 5.69. The SMILES string of the molecule is C=CCN1CCC[C@H]1C(=O)N(C)Cc1cn[nH]c1C. The van der Waals surface area contributed by atoms with Crippen molar-refractivity contribution in [3.05, 3.63) is 30.1 Å². The smallest absolute Gasteiger partial charge is 0.239 e. The van der Waals surface area contributed by atoms with Gasteiger partial charge in [-0.05, 0) is 26.3 Å². The summed E-state index contributed by atoms with van der Waals surface area (Å²) >= 11 is 0. The van der Waals surface area contributed by atoms with Gasteiger partial charge in [0.25, 0.3) is 0 Å². The third-order valence-corrected chi connectivity index (χ3v) is 3.73. The van der Waals surface area contributed by atoms with Crippen LogP contribution in [0.2, 0.25) is 0 Å². The van der Waals surface area contributed by atoms with E-state index in [0.29, 0.717) is 6.54 Å².